The van der Waals surface area contributed by atoms with Crippen LogP contribution >= 0.6 is 0 Å². The zero-order chi connectivity index (χ0) is 17.2. The molecule has 0 saturated carbocycles. The molecule has 0 bridgehead atoms. The van der Waals surface area contributed by atoms with Crippen LogP contribution in [0.5, 0.6) is 5.75 Å². The fraction of sp³-hybridized carbons (Fsp3) is 0.312. The van der Waals surface area contributed by atoms with E-state index in [2.05, 4.69) is 0 Å². The second-order valence-corrected chi connectivity index (χ2v) is 5.37. The molecule has 7 nitrogen and oxygen atoms in total. The molecule has 1 atom stereocenters. The maximum absolute atomic E-state index is 11.9. The molecule has 122 valence electrons. The molecular weight excluding hydrogens is 304 g/mol. The van der Waals surface area contributed by atoms with Crippen molar-refractivity contribution in [2.45, 2.75) is 32.7 Å². The first-order valence-corrected chi connectivity index (χ1v) is 6.86. The van der Waals surface area contributed by atoms with Crippen LogP contribution in [-0.4, -0.2) is 34.9 Å². The van der Waals surface area contributed by atoms with Crippen molar-refractivity contribution >= 4 is 24.0 Å². The maximum atomic E-state index is 11.9. The molecule has 1 aliphatic rings. The SMILES string of the molecule is CC(Oc1ccccc1C=C1C(=O)OC(C)(C)OC1=O)C(=O)O. The summed E-state index contributed by atoms with van der Waals surface area (Å²) in [5.41, 5.74) is 0.0764. The minimum Gasteiger partial charge on any atom is -0.479 e. The molecule has 0 amide bonds. The first kappa shape index (κ1) is 16.5. The summed E-state index contributed by atoms with van der Waals surface area (Å²) in [4.78, 5) is 34.8. The van der Waals surface area contributed by atoms with Gasteiger partial charge in [-0.1, -0.05) is 18.2 Å². The molecule has 0 aliphatic carbocycles. The quantitative estimate of drug-likeness (QED) is 0.512. The minimum absolute atomic E-state index is 0.223. The third-order valence-corrected chi connectivity index (χ3v) is 2.99. The van der Waals surface area contributed by atoms with Gasteiger partial charge in [-0.3, -0.25) is 0 Å². The Morgan fingerprint density at radius 3 is 2.35 bits per heavy atom. The molecule has 1 fully saturated rings. The van der Waals surface area contributed by atoms with Gasteiger partial charge in [0.2, 0.25) is 0 Å². The lowest BCUT2D eigenvalue weighted by Crippen LogP contribution is -2.41. The highest BCUT2D eigenvalue weighted by Crippen LogP contribution is 2.27. The predicted octanol–water partition coefficient (Wildman–Crippen LogP) is 1.76. The third-order valence-electron chi connectivity index (χ3n) is 2.99. The number of carboxylic acid groups (broad SMARTS) is 1. The number of para-hydroxylation sites is 1. The zero-order valence-corrected chi connectivity index (χ0v) is 12.9. The van der Waals surface area contributed by atoms with Crippen LogP contribution in [0, 0.1) is 0 Å². The van der Waals surface area contributed by atoms with E-state index in [0.29, 0.717) is 5.56 Å². The van der Waals surface area contributed by atoms with E-state index in [9.17, 15) is 14.4 Å². The van der Waals surface area contributed by atoms with E-state index in [0.717, 1.165) is 0 Å². The van der Waals surface area contributed by atoms with Gasteiger partial charge < -0.3 is 19.3 Å². The van der Waals surface area contributed by atoms with Crippen molar-refractivity contribution in [3.8, 4) is 5.75 Å². The molecule has 0 spiro atoms. The molecule has 1 aromatic rings. The van der Waals surface area contributed by atoms with Crippen molar-refractivity contribution in [1.29, 1.82) is 0 Å². The topological polar surface area (TPSA) is 99.1 Å². The molecule has 0 aromatic heterocycles. The molecule has 1 N–H and O–H groups in total. The van der Waals surface area contributed by atoms with Crippen LogP contribution in [0.3, 0.4) is 0 Å². The van der Waals surface area contributed by atoms with Crippen molar-refractivity contribution in [2.24, 2.45) is 0 Å². The Bertz CT molecular complexity index is 665. The Labute approximate surface area is 132 Å². The number of cyclic esters (lactones) is 2. The van der Waals surface area contributed by atoms with Gasteiger partial charge in [-0.15, -0.1) is 0 Å². The second-order valence-electron chi connectivity index (χ2n) is 5.37. The van der Waals surface area contributed by atoms with E-state index in [1.807, 2.05) is 0 Å². The molecule has 1 saturated heterocycles. The van der Waals surface area contributed by atoms with Crippen molar-refractivity contribution in [3.05, 3.63) is 35.4 Å². The lowest BCUT2D eigenvalue weighted by Gasteiger charge is -2.29. The highest BCUT2D eigenvalue weighted by molar-refractivity contribution is 6.19. The van der Waals surface area contributed by atoms with Crippen LogP contribution in [-0.2, 0) is 23.9 Å². The average molecular weight is 320 g/mol. The standard InChI is InChI=1S/C16H16O7/c1-9(13(17)18)21-12-7-5-4-6-10(12)8-11-14(19)22-16(2,3)23-15(11)20/h4-9H,1-3H3,(H,17,18). The van der Waals surface area contributed by atoms with Crippen LogP contribution in [0.25, 0.3) is 6.08 Å². The first-order chi connectivity index (χ1) is 10.7. The summed E-state index contributed by atoms with van der Waals surface area (Å²) >= 11 is 0. The second kappa shape index (κ2) is 6.12. The fourth-order valence-corrected chi connectivity index (χ4v) is 1.88. The maximum Gasteiger partial charge on any atom is 0.348 e. The molecule has 7 heteroatoms. The van der Waals surface area contributed by atoms with Gasteiger partial charge in [0.15, 0.2) is 6.10 Å². The van der Waals surface area contributed by atoms with Crippen LogP contribution in [0.4, 0.5) is 0 Å². The summed E-state index contributed by atoms with van der Waals surface area (Å²) < 4.78 is 15.3. The van der Waals surface area contributed by atoms with Gasteiger partial charge in [0, 0.05) is 19.4 Å². The number of benzene rings is 1. The fourth-order valence-electron chi connectivity index (χ4n) is 1.88. The molecule has 1 aliphatic heterocycles. The Hall–Kier alpha value is -2.83. The molecule has 1 aromatic carbocycles. The number of hydrogen-bond acceptors (Lipinski definition) is 6. The van der Waals surface area contributed by atoms with Gasteiger partial charge >= 0.3 is 17.9 Å². The molecular formula is C16H16O7. The number of carbonyl (C=O) groups is 3. The molecule has 23 heavy (non-hydrogen) atoms. The number of hydrogen-bond donors (Lipinski definition) is 1. The van der Waals surface area contributed by atoms with Gasteiger partial charge in [-0.05, 0) is 19.1 Å². The van der Waals surface area contributed by atoms with Gasteiger partial charge in [-0.2, -0.15) is 0 Å². The van der Waals surface area contributed by atoms with Gasteiger partial charge in [0.05, 0.1) is 0 Å². The Kier molecular flexibility index (Phi) is 4.40. The van der Waals surface area contributed by atoms with Crippen molar-refractivity contribution < 1.29 is 33.7 Å². The van der Waals surface area contributed by atoms with Gasteiger partial charge in [0.25, 0.3) is 5.79 Å². The summed E-state index contributed by atoms with van der Waals surface area (Å²) in [5, 5.41) is 8.91. The smallest absolute Gasteiger partial charge is 0.348 e. The molecule has 1 heterocycles. The third kappa shape index (κ3) is 3.88. The number of rotatable bonds is 4. The normalized spacial score (nSPS) is 17.8. The van der Waals surface area contributed by atoms with E-state index in [4.69, 9.17) is 19.3 Å². The van der Waals surface area contributed by atoms with Crippen LogP contribution < -0.4 is 4.74 Å². The first-order valence-electron chi connectivity index (χ1n) is 6.86. The van der Waals surface area contributed by atoms with Gasteiger partial charge in [-0.25, -0.2) is 14.4 Å². The van der Waals surface area contributed by atoms with Crippen molar-refractivity contribution in [2.75, 3.05) is 0 Å². The highest BCUT2D eigenvalue weighted by Gasteiger charge is 2.39. The number of carbonyl (C=O) groups excluding carboxylic acids is 2. The largest absolute Gasteiger partial charge is 0.479 e. The van der Waals surface area contributed by atoms with E-state index < -0.39 is 29.8 Å². The van der Waals surface area contributed by atoms with E-state index in [1.54, 1.807) is 18.2 Å². The summed E-state index contributed by atoms with van der Waals surface area (Å²) in [6.07, 6.45) is 0.169. The summed E-state index contributed by atoms with van der Waals surface area (Å²) in [7, 11) is 0. The predicted molar refractivity (Wildman–Crippen MR) is 78.4 cm³/mol. The molecule has 2 rings (SSSR count). The van der Waals surface area contributed by atoms with Crippen LogP contribution in [0.1, 0.15) is 26.3 Å². The monoisotopic (exact) mass is 320 g/mol. The average Bonchev–Trinajstić information content (AvgIpc) is 2.43. The Balaban J connectivity index is 2.34. The molecule has 0 radical (unpaired) electrons. The number of esters is 2. The summed E-state index contributed by atoms with van der Waals surface area (Å²) in [6.45, 7) is 4.27. The van der Waals surface area contributed by atoms with Crippen LogP contribution in [0.15, 0.2) is 29.8 Å². The Morgan fingerprint density at radius 2 is 1.78 bits per heavy atom. The lowest BCUT2D eigenvalue weighted by atomic mass is 10.1. The number of ether oxygens (including phenoxy) is 3. The van der Waals surface area contributed by atoms with Crippen molar-refractivity contribution in [1.82, 2.24) is 0 Å². The lowest BCUT2D eigenvalue weighted by molar-refractivity contribution is -0.222. The number of carboxylic acids is 1. The minimum atomic E-state index is -1.32. The van der Waals surface area contributed by atoms with Gasteiger partial charge in [0.1, 0.15) is 11.3 Å². The van der Waals surface area contributed by atoms with Crippen LogP contribution in [0.2, 0.25) is 0 Å². The van der Waals surface area contributed by atoms with E-state index >= 15 is 0 Å². The van der Waals surface area contributed by atoms with Crippen molar-refractivity contribution in [3.63, 3.8) is 0 Å². The highest BCUT2D eigenvalue weighted by atomic mass is 16.7. The number of aliphatic carboxylic acids is 1. The van der Waals surface area contributed by atoms with E-state index in [1.165, 1.54) is 32.9 Å². The Morgan fingerprint density at radius 1 is 1.22 bits per heavy atom. The summed E-state index contributed by atoms with van der Waals surface area (Å²) in [5.74, 6) is -3.86. The summed E-state index contributed by atoms with van der Waals surface area (Å²) in [6, 6.07) is 6.42. The van der Waals surface area contributed by atoms with E-state index in [-0.39, 0.29) is 11.3 Å². The molecule has 1 unspecified atom stereocenters. The zero-order valence-electron chi connectivity index (χ0n) is 12.9.